The van der Waals surface area contributed by atoms with E-state index in [9.17, 15) is 21.9 Å². The van der Waals surface area contributed by atoms with Crippen LogP contribution in [0.4, 0.5) is 15.3 Å². The number of benzene rings is 1. The van der Waals surface area contributed by atoms with Crippen molar-refractivity contribution in [3.63, 3.8) is 0 Å². The Kier molecular flexibility index (Phi) is 3.86. The van der Waals surface area contributed by atoms with Gasteiger partial charge in [-0.05, 0) is 18.2 Å². The van der Waals surface area contributed by atoms with Crippen molar-refractivity contribution in [3.05, 3.63) is 23.8 Å². The van der Waals surface area contributed by atoms with Crippen molar-refractivity contribution in [2.75, 3.05) is 23.8 Å². The van der Waals surface area contributed by atoms with Gasteiger partial charge >= 0.3 is 16.2 Å². The topological polar surface area (TPSA) is 104 Å². The van der Waals surface area contributed by atoms with Crippen molar-refractivity contribution in [3.8, 4) is 0 Å². The van der Waals surface area contributed by atoms with E-state index in [1.165, 1.54) is 18.2 Å². The van der Waals surface area contributed by atoms with Crippen molar-refractivity contribution in [2.24, 2.45) is 0 Å². The SMILES string of the molecule is CNc1ccc(C(=O)O)cc1N1CC(S(=O)(=O)F)CC1=O. The van der Waals surface area contributed by atoms with Gasteiger partial charge in [0.25, 0.3) is 0 Å². The summed E-state index contributed by atoms with van der Waals surface area (Å²) in [7, 11) is -3.25. The number of nitrogens with one attached hydrogen (secondary N) is 1. The van der Waals surface area contributed by atoms with Crippen molar-refractivity contribution in [2.45, 2.75) is 11.7 Å². The number of carbonyl (C=O) groups is 2. The van der Waals surface area contributed by atoms with Crippen LogP contribution in [-0.2, 0) is 15.0 Å². The molecule has 1 unspecified atom stereocenters. The molecule has 1 aromatic rings. The minimum atomic E-state index is -4.82. The molecular weight excluding hydrogens is 303 g/mol. The summed E-state index contributed by atoms with van der Waals surface area (Å²) in [5.74, 6) is -1.75. The number of carboxylic acid groups (broad SMARTS) is 1. The van der Waals surface area contributed by atoms with E-state index in [0.29, 0.717) is 5.69 Å². The number of carboxylic acids is 1. The lowest BCUT2D eigenvalue weighted by atomic mass is 10.1. The summed E-state index contributed by atoms with van der Waals surface area (Å²) in [6, 6.07) is 4.06. The summed E-state index contributed by atoms with van der Waals surface area (Å²) in [5.41, 5.74) is 0.613. The van der Waals surface area contributed by atoms with Gasteiger partial charge in [-0.25, -0.2) is 4.79 Å². The van der Waals surface area contributed by atoms with Crippen LogP contribution >= 0.6 is 0 Å². The third-order valence-corrected chi connectivity index (χ3v) is 4.40. The molecule has 1 atom stereocenters. The molecule has 2 rings (SSSR count). The lowest BCUT2D eigenvalue weighted by Crippen LogP contribution is -2.27. The highest BCUT2D eigenvalue weighted by Gasteiger charge is 2.39. The Morgan fingerprint density at radius 3 is 2.62 bits per heavy atom. The van der Waals surface area contributed by atoms with Crippen LogP contribution in [0, 0.1) is 0 Å². The molecule has 0 saturated carbocycles. The summed E-state index contributed by atoms with van der Waals surface area (Å²) in [6.45, 7) is -0.338. The maximum atomic E-state index is 13.0. The molecule has 0 radical (unpaired) electrons. The van der Waals surface area contributed by atoms with E-state index >= 15 is 0 Å². The molecule has 1 aromatic carbocycles. The predicted molar refractivity (Wildman–Crippen MR) is 73.7 cm³/mol. The van der Waals surface area contributed by atoms with Gasteiger partial charge in [-0.3, -0.25) is 4.79 Å². The summed E-state index contributed by atoms with van der Waals surface area (Å²) in [6.07, 6.45) is -0.459. The highest BCUT2D eigenvalue weighted by Crippen LogP contribution is 2.32. The number of hydrogen-bond donors (Lipinski definition) is 2. The molecule has 2 N–H and O–H groups in total. The number of halogens is 1. The van der Waals surface area contributed by atoms with E-state index in [1.54, 1.807) is 7.05 Å². The third kappa shape index (κ3) is 2.97. The van der Waals surface area contributed by atoms with E-state index in [0.717, 1.165) is 4.90 Å². The number of nitrogens with zero attached hydrogens (tertiary/aromatic N) is 1. The first-order chi connectivity index (χ1) is 9.74. The monoisotopic (exact) mass is 316 g/mol. The van der Waals surface area contributed by atoms with Crippen LogP contribution in [0.3, 0.4) is 0 Å². The lowest BCUT2D eigenvalue weighted by Gasteiger charge is -2.20. The van der Waals surface area contributed by atoms with Crippen LogP contribution in [0.25, 0.3) is 0 Å². The van der Waals surface area contributed by atoms with Crippen molar-refractivity contribution in [1.29, 1.82) is 0 Å². The first-order valence-electron chi connectivity index (χ1n) is 6.03. The zero-order valence-electron chi connectivity index (χ0n) is 11.0. The molecule has 1 fully saturated rings. The second-order valence-corrected chi connectivity index (χ2v) is 6.21. The zero-order chi connectivity index (χ0) is 15.8. The number of anilines is 2. The fraction of sp³-hybridized carbons (Fsp3) is 0.333. The van der Waals surface area contributed by atoms with Crippen LogP contribution in [0.1, 0.15) is 16.8 Å². The maximum Gasteiger partial charge on any atom is 0.335 e. The molecule has 1 saturated heterocycles. The minimum Gasteiger partial charge on any atom is -0.478 e. The molecule has 1 heterocycles. The molecule has 9 heteroatoms. The first-order valence-corrected chi connectivity index (χ1v) is 7.47. The number of carbonyl (C=O) groups excluding carboxylic acids is 1. The van der Waals surface area contributed by atoms with Crippen molar-refractivity contribution < 1.29 is 27.0 Å². The van der Waals surface area contributed by atoms with Gasteiger partial charge in [-0.1, -0.05) is 0 Å². The highest BCUT2D eigenvalue weighted by atomic mass is 32.3. The zero-order valence-corrected chi connectivity index (χ0v) is 11.9. The molecule has 1 amide bonds. The Hall–Kier alpha value is -2.16. The van der Waals surface area contributed by atoms with E-state index in [1.807, 2.05) is 0 Å². The largest absolute Gasteiger partial charge is 0.478 e. The number of amides is 1. The Labute approximate surface area is 120 Å². The van der Waals surface area contributed by atoms with E-state index in [4.69, 9.17) is 5.11 Å². The molecule has 7 nitrogen and oxygen atoms in total. The van der Waals surface area contributed by atoms with E-state index in [-0.39, 0.29) is 17.8 Å². The lowest BCUT2D eigenvalue weighted by molar-refractivity contribution is -0.117. The third-order valence-electron chi connectivity index (χ3n) is 3.29. The van der Waals surface area contributed by atoms with Gasteiger partial charge in [-0.15, -0.1) is 3.89 Å². The Morgan fingerprint density at radius 2 is 2.14 bits per heavy atom. The molecule has 1 aliphatic rings. The van der Waals surface area contributed by atoms with Gasteiger partial charge in [0.2, 0.25) is 5.91 Å². The molecule has 0 aliphatic carbocycles. The van der Waals surface area contributed by atoms with Crippen LogP contribution in [-0.4, -0.2) is 44.2 Å². The van der Waals surface area contributed by atoms with Gasteiger partial charge in [0.05, 0.1) is 16.9 Å². The average Bonchev–Trinajstić information content (AvgIpc) is 2.79. The molecule has 114 valence electrons. The number of aromatic carboxylic acids is 1. The van der Waals surface area contributed by atoms with E-state index in [2.05, 4.69) is 5.32 Å². The summed E-state index contributed by atoms with van der Waals surface area (Å²) in [5, 5.41) is 10.3. The second kappa shape index (κ2) is 5.32. The first kappa shape index (κ1) is 15.2. The maximum absolute atomic E-state index is 13.0. The van der Waals surface area contributed by atoms with Crippen LogP contribution in [0.2, 0.25) is 0 Å². The Bertz CT molecular complexity index is 704. The van der Waals surface area contributed by atoms with Crippen LogP contribution < -0.4 is 10.2 Å². The Morgan fingerprint density at radius 1 is 1.48 bits per heavy atom. The van der Waals surface area contributed by atoms with Gasteiger partial charge in [-0.2, -0.15) is 8.42 Å². The normalized spacial score (nSPS) is 18.9. The van der Waals surface area contributed by atoms with Crippen molar-refractivity contribution >= 4 is 33.5 Å². The van der Waals surface area contributed by atoms with Crippen LogP contribution in [0.5, 0.6) is 0 Å². The standard InChI is InChI=1S/C12H13FN2O5S/c1-14-9-3-2-7(12(17)18)4-10(9)15-6-8(5-11(15)16)21(13,19)20/h2-4,8,14H,5-6H2,1H3,(H,17,18). The summed E-state index contributed by atoms with van der Waals surface area (Å²) >= 11 is 0. The fourth-order valence-electron chi connectivity index (χ4n) is 2.20. The molecule has 0 bridgehead atoms. The van der Waals surface area contributed by atoms with Crippen LogP contribution in [0.15, 0.2) is 18.2 Å². The number of hydrogen-bond acceptors (Lipinski definition) is 5. The van der Waals surface area contributed by atoms with Gasteiger partial charge in [0.15, 0.2) is 0 Å². The molecular formula is C12H13FN2O5S. The number of rotatable bonds is 4. The average molecular weight is 316 g/mol. The molecule has 0 aromatic heterocycles. The minimum absolute atomic E-state index is 0.0524. The predicted octanol–water partition coefficient (Wildman–Crippen LogP) is 0.831. The fourth-order valence-corrected chi connectivity index (χ4v) is 2.86. The van der Waals surface area contributed by atoms with Gasteiger partial charge in [0.1, 0.15) is 5.25 Å². The van der Waals surface area contributed by atoms with Gasteiger partial charge < -0.3 is 15.3 Å². The highest BCUT2D eigenvalue weighted by molar-refractivity contribution is 7.87. The second-order valence-electron chi connectivity index (χ2n) is 4.59. The Balaban J connectivity index is 2.43. The molecule has 21 heavy (non-hydrogen) atoms. The quantitative estimate of drug-likeness (QED) is 0.797. The summed E-state index contributed by atoms with van der Waals surface area (Å²) < 4.78 is 34.9. The van der Waals surface area contributed by atoms with E-state index < -0.39 is 33.8 Å². The molecule has 0 spiro atoms. The van der Waals surface area contributed by atoms with Crippen molar-refractivity contribution in [1.82, 2.24) is 0 Å². The molecule has 1 aliphatic heterocycles. The van der Waals surface area contributed by atoms with Gasteiger partial charge in [0, 0.05) is 20.0 Å². The summed E-state index contributed by atoms with van der Waals surface area (Å²) in [4.78, 5) is 24.0. The smallest absolute Gasteiger partial charge is 0.335 e.